The monoisotopic (exact) mass is 251 g/mol. The Hall–Kier alpha value is -0.525. The van der Waals surface area contributed by atoms with Gasteiger partial charge in [-0.05, 0) is 39.9 Å². The van der Waals surface area contributed by atoms with Gasteiger partial charge in [0.25, 0.3) is 0 Å². The van der Waals surface area contributed by atoms with E-state index in [1.807, 2.05) is 0 Å². The lowest BCUT2D eigenvalue weighted by atomic mass is 9.67. The zero-order valence-electron chi connectivity index (χ0n) is 12.5. The summed E-state index contributed by atoms with van der Waals surface area (Å²) in [6, 6.07) is 2.23. The molecule has 0 radical (unpaired) electrons. The van der Waals surface area contributed by atoms with Gasteiger partial charge < -0.3 is 9.31 Å². The Balaban J connectivity index is 2.67. The number of hydrogen-bond donors (Lipinski definition) is 0. The summed E-state index contributed by atoms with van der Waals surface area (Å²) in [4.78, 5) is 0. The third-order valence-corrected chi connectivity index (χ3v) is 4.21. The van der Waals surface area contributed by atoms with E-state index in [1.54, 1.807) is 0 Å². The fourth-order valence-corrected chi connectivity index (χ4v) is 2.21. The summed E-state index contributed by atoms with van der Waals surface area (Å²) in [5.74, 6) is 0.339. The summed E-state index contributed by atoms with van der Waals surface area (Å²) in [6.45, 7) is 10.5. The van der Waals surface area contributed by atoms with E-state index in [0.29, 0.717) is 12.2 Å². The van der Waals surface area contributed by atoms with Gasteiger partial charge in [0, 0.05) is 6.42 Å². The van der Waals surface area contributed by atoms with Gasteiger partial charge in [-0.15, -0.1) is 0 Å². The van der Waals surface area contributed by atoms with Crippen molar-refractivity contribution < 1.29 is 9.31 Å². The molecule has 1 aliphatic heterocycles. The summed E-state index contributed by atoms with van der Waals surface area (Å²) in [5.41, 5.74) is -0.538. The molecule has 0 N–H and O–H groups in total. The van der Waals surface area contributed by atoms with Crippen molar-refractivity contribution in [2.24, 2.45) is 0 Å². The SMILES string of the molecule is CCCCC(CCC#N)B1OC(C)(C)C(C)(C)O1. The fraction of sp³-hybridized carbons (Fsp3) is 0.929. The van der Waals surface area contributed by atoms with Crippen molar-refractivity contribution in [3.05, 3.63) is 0 Å². The summed E-state index contributed by atoms with van der Waals surface area (Å²) < 4.78 is 12.2. The molecule has 18 heavy (non-hydrogen) atoms. The molecule has 1 fully saturated rings. The zero-order chi connectivity index (χ0) is 13.8. The molecular formula is C14H26BNO2. The molecule has 1 saturated heterocycles. The molecule has 0 saturated carbocycles. The van der Waals surface area contributed by atoms with Crippen molar-refractivity contribution in [1.82, 2.24) is 0 Å². The van der Waals surface area contributed by atoms with E-state index < -0.39 is 0 Å². The first-order valence-electron chi connectivity index (χ1n) is 7.06. The van der Waals surface area contributed by atoms with Crippen LogP contribution in [0.2, 0.25) is 5.82 Å². The van der Waals surface area contributed by atoms with Crippen molar-refractivity contribution in [2.45, 2.75) is 83.7 Å². The minimum atomic E-state index is -0.269. The van der Waals surface area contributed by atoms with Crippen LogP contribution in [0.3, 0.4) is 0 Å². The van der Waals surface area contributed by atoms with Gasteiger partial charge in [-0.25, -0.2) is 0 Å². The Morgan fingerprint density at radius 2 is 1.67 bits per heavy atom. The number of nitrogens with zero attached hydrogens (tertiary/aromatic N) is 1. The van der Waals surface area contributed by atoms with Crippen molar-refractivity contribution in [2.75, 3.05) is 0 Å². The van der Waals surface area contributed by atoms with Gasteiger partial charge in [-0.3, -0.25) is 0 Å². The van der Waals surface area contributed by atoms with E-state index in [0.717, 1.165) is 12.8 Å². The first kappa shape index (κ1) is 15.5. The largest absolute Gasteiger partial charge is 0.461 e. The second-order valence-electron chi connectivity index (χ2n) is 6.22. The second-order valence-corrected chi connectivity index (χ2v) is 6.22. The maximum atomic E-state index is 8.76. The van der Waals surface area contributed by atoms with E-state index in [1.165, 1.54) is 12.8 Å². The molecule has 1 atom stereocenters. The molecule has 0 amide bonds. The Bertz CT molecular complexity index is 293. The van der Waals surface area contributed by atoms with Gasteiger partial charge in [0.15, 0.2) is 0 Å². The lowest BCUT2D eigenvalue weighted by Gasteiger charge is -2.32. The van der Waals surface area contributed by atoms with Crippen LogP contribution in [0.1, 0.15) is 66.7 Å². The van der Waals surface area contributed by atoms with Crippen molar-refractivity contribution >= 4 is 7.12 Å². The Morgan fingerprint density at radius 1 is 1.11 bits per heavy atom. The average molecular weight is 251 g/mol. The summed E-state index contributed by atoms with van der Waals surface area (Å²) in [5, 5.41) is 8.76. The molecule has 0 aromatic carbocycles. The smallest absolute Gasteiger partial charge is 0.403 e. The Labute approximate surface area is 112 Å². The van der Waals surface area contributed by atoms with Crippen molar-refractivity contribution in [3.8, 4) is 6.07 Å². The second kappa shape index (κ2) is 6.08. The predicted molar refractivity (Wildman–Crippen MR) is 74.2 cm³/mol. The van der Waals surface area contributed by atoms with Gasteiger partial charge in [0.2, 0.25) is 0 Å². The van der Waals surface area contributed by atoms with Crippen LogP contribution in [-0.4, -0.2) is 18.3 Å². The predicted octanol–water partition coefficient (Wildman–Crippen LogP) is 3.94. The first-order chi connectivity index (χ1) is 8.34. The van der Waals surface area contributed by atoms with E-state index in [-0.39, 0.29) is 18.3 Å². The lowest BCUT2D eigenvalue weighted by molar-refractivity contribution is 0.00578. The lowest BCUT2D eigenvalue weighted by Crippen LogP contribution is -2.41. The van der Waals surface area contributed by atoms with Gasteiger partial charge in [-0.1, -0.05) is 26.2 Å². The van der Waals surface area contributed by atoms with Gasteiger partial charge in [0.1, 0.15) is 0 Å². The van der Waals surface area contributed by atoms with E-state index in [9.17, 15) is 0 Å². The highest BCUT2D eigenvalue weighted by atomic mass is 16.7. The third kappa shape index (κ3) is 3.49. The normalized spacial score (nSPS) is 22.8. The van der Waals surface area contributed by atoms with E-state index in [4.69, 9.17) is 14.6 Å². The molecule has 0 aromatic heterocycles. The Morgan fingerprint density at radius 3 is 2.11 bits per heavy atom. The van der Waals surface area contributed by atoms with Crippen LogP contribution in [0, 0.1) is 11.3 Å². The van der Waals surface area contributed by atoms with Gasteiger partial charge in [-0.2, -0.15) is 5.26 Å². The summed E-state index contributed by atoms with van der Waals surface area (Å²) >= 11 is 0. The third-order valence-electron chi connectivity index (χ3n) is 4.21. The van der Waals surface area contributed by atoms with E-state index in [2.05, 4.69) is 40.7 Å². The minimum Gasteiger partial charge on any atom is -0.403 e. The standard InChI is InChI=1S/C14H26BNO2/c1-6-7-9-12(10-8-11-16)15-17-13(2,3)14(4,5)18-15/h12H,6-10H2,1-5H3. The minimum absolute atomic E-state index is 0.157. The molecule has 0 spiro atoms. The van der Waals surface area contributed by atoms with Crippen LogP contribution >= 0.6 is 0 Å². The molecule has 1 rings (SSSR count). The van der Waals surface area contributed by atoms with Crippen molar-refractivity contribution in [1.29, 1.82) is 5.26 Å². The fourth-order valence-electron chi connectivity index (χ4n) is 2.21. The number of nitriles is 1. The molecule has 1 unspecified atom stereocenters. The topological polar surface area (TPSA) is 42.2 Å². The van der Waals surface area contributed by atoms with Crippen LogP contribution in [-0.2, 0) is 9.31 Å². The van der Waals surface area contributed by atoms with Crippen molar-refractivity contribution in [3.63, 3.8) is 0 Å². The number of unbranched alkanes of at least 4 members (excludes halogenated alkanes) is 1. The molecule has 0 bridgehead atoms. The van der Waals surface area contributed by atoms with Crippen LogP contribution in [0.4, 0.5) is 0 Å². The quantitative estimate of drug-likeness (QED) is 0.671. The maximum Gasteiger partial charge on any atom is 0.461 e. The average Bonchev–Trinajstić information content (AvgIpc) is 2.48. The molecule has 1 heterocycles. The molecule has 4 heteroatoms. The first-order valence-corrected chi connectivity index (χ1v) is 7.06. The Kier molecular flexibility index (Phi) is 5.25. The number of hydrogen-bond acceptors (Lipinski definition) is 3. The molecular weight excluding hydrogens is 225 g/mol. The van der Waals surface area contributed by atoms with Crippen LogP contribution in [0.5, 0.6) is 0 Å². The molecule has 0 aliphatic carbocycles. The summed E-state index contributed by atoms with van der Waals surface area (Å²) in [7, 11) is -0.157. The number of rotatable bonds is 6. The van der Waals surface area contributed by atoms with Crippen LogP contribution in [0.25, 0.3) is 0 Å². The van der Waals surface area contributed by atoms with E-state index >= 15 is 0 Å². The van der Waals surface area contributed by atoms with Crippen LogP contribution < -0.4 is 0 Å². The summed E-state index contributed by atoms with van der Waals surface area (Å²) in [6.07, 6.45) is 4.86. The zero-order valence-corrected chi connectivity index (χ0v) is 12.5. The molecule has 0 aromatic rings. The molecule has 3 nitrogen and oxygen atoms in total. The highest BCUT2D eigenvalue weighted by Gasteiger charge is 2.53. The van der Waals surface area contributed by atoms with Crippen LogP contribution in [0.15, 0.2) is 0 Å². The highest BCUT2D eigenvalue weighted by molar-refractivity contribution is 6.47. The molecule has 1 aliphatic rings. The highest BCUT2D eigenvalue weighted by Crippen LogP contribution is 2.42. The van der Waals surface area contributed by atoms with Gasteiger partial charge >= 0.3 is 7.12 Å². The maximum absolute atomic E-state index is 8.76. The van der Waals surface area contributed by atoms with Gasteiger partial charge in [0.05, 0.1) is 17.3 Å². The molecule has 102 valence electrons.